The Balaban J connectivity index is 1.55. The smallest absolute Gasteiger partial charge is 0.273 e. The van der Waals surface area contributed by atoms with Gasteiger partial charge in [0, 0.05) is 12.5 Å². The maximum atomic E-state index is 13.1. The van der Waals surface area contributed by atoms with Crippen molar-refractivity contribution in [1.82, 2.24) is 20.3 Å². The zero-order valence-electron chi connectivity index (χ0n) is 19.6. The highest BCUT2D eigenvalue weighted by Gasteiger charge is 2.20. The SMILES string of the molecule is COc1ccc([C@H](CNC(=O)c2nn(-c3ccccc3)nc2C)Cc2ccccc2)cc1OC. The van der Waals surface area contributed by atoms with Crippen LogP contribution in [-0.2, 0) is 6.42 Å². The van der Waals surface area contributed by atoms with Crippen LogP contribution in [0.25, 0.3) is 5.69 Å². The summed E-state index contributed by atoms with van der Waals surface area (Å²) in [5.74, 6) is 1.10. The number of para-hydroxylation sites is 1. The number of aromatic nitrogens is 3. The molecule has 0 saturated carbocycles. The Hall–Kier alpha value is -4.13. The van der Waals surface area contributed by atoms with Crippen LogP contribution in [0.2, 0.25) is 0 Å². The lowest BCUT2D eigenvalue weighted by atomic mass is 9.91. The molecule has 0 spiro atoms. The molecule has 0 radical (unpaired) electrons. The third-order valence-electron chi connectivity index (χ3n) is 5.70. The van der Waals surface area contributed by atoms with E-state index in [1.807, 2.05) is 66.7 Å². The minimum atomic E-state index is -0.252. The molecule has 0 unspecified atom stereocenters. The number of methoxy groups -OCH3 is 2. The van der Waals surface area contributed by atoms with E-state index in [2.05, 4.69) is 27.6 Å². The molecule has 7 heteroatoms. The number of nitrogens with zero attached hydrogens (tertiary/aromatic N) is 3. The molecule has 0 bridgehead atoms. The minimum Gasteiger partial charge on any atom is -0.493 e. The van der Waals surface area contributed by atoms with E-state index in [4.69, 9.17) is 9.47 Å². The summed E-state index contributed by atoms with van der Waals surface area (Å²) in [7, 11) is 3.23. The van der Waals surface area contributed by atoms with E-state index in [0.717, 1.165) is 17.7 Å². The van der Waals surface area contributed by atoms with Crippen molar-refractivity contribution in [3.05, 3.63) is 101 Å². The van der Waals surface area contributed by atoms with Gasteiger partial charge in [-0.25, -0.2) is 0 Å². The molecule has 0 fully saturated rings. The zero-order chi connectivity index (χ0) is 23.9. The van der Waals surface area contributed by atoms with E-state index < -0.39 is 0 Å². The van der Waals surface area contributed by atoms with Crippen LogP contribution in [0.1, 0.15) is 33.2 Å². The van der Waals surface area contributed by atoms with Crippen LogP contribution in [0.4, 0.5) is 0 Å². The van der Waals surface area contributed by atoms with Gasteiger partial charge in [0.25, 0.3) is 5.91 Å². The summed E-state index contributed by atoms with van der Waals surface area (Å²) in [5.41, 5.74) is 3.92. The van der Waals surface area contributed by atoms with Crippen LogP contribution < -0.4 is 14.8 Å². The van der Waals surface area contributed by atoms with Gasteiger partial charge in [-0.15, -0.1) is 5.10 Å². The first kappa shape index (κ1) is 23.0. The van der Waals surface area contributed by atoms with Gasteiger partial charge in [-0.3, -0.25) is 4.79 Å². The molecule has 4 aromatic rings. The van der Waals surface area contributed by atoms with Gasteiger partial charge in [0.05, 0.1) is 25.6 Å². The lowest BCUT2D eigenvalue weighted by Gasteiger charge is -2.20. The normalized spacial score (nSPS) is 11.6. The van der Waals surface area contributed by atoms with Crippen molar-refractivity contribution in [1.29, 1.82) is 0 Å². The van der Waals surface area contributed by atoms with Crippen molar-refractivity contribution in [2.24, 2.45) is 0 Å². The number of amides is 1. The van der Waals surface area contributed by atoms with Crippen molar-refractivity contribution in [3.8, 4) is 17.2 Å². The lowest BCUT2D eigenvalue weighted by Crippen LogP contribution is -2.30. The number of aryl methyl sites for hydroxylation is 1. The topological polar surface area (TPSA) is 78.3 Å². The fraction of sp³-hybridized carbons (Fsp3) is 0.222. The maximum absolute atomic E-state index is 13.1. The number of hydrogen-bond donors (Lipinski definition) is 1. The number of ether oxygens (including phenoxy) is 2. The van der Waals surface area contributed by atoms with E-state index in [1.165, 1.54) is 10.4 Å². The number of rotatable bonds is 9. The van der Waals surface area contributed by atoms with Gasteiger partial charge >= 0.3 is 0 Å². The monoisotopic (exact) mass is 456 g/mol. The van der Waals surface area contributed by atoms with Gasteiger partial charge in [0.15, 0.2) is 17.2 Å². The van der Waals surface area contributed by atoms with Crippen LogP contribution in [0, 0.1) is 6.92 Å². The average Bonchev–Trinajstić information content (AvgIpc) is 3.28. The number of benzene rings is 3. The van der Waals surface area contributed by atoms with Crippen LogP contribution in [0.5, 0.6) is 11.5 Å². The number of carbonyl (C=O) groups is 1. The summed E-state index contributed by atoms with van der Waals surface area (Å²) >= 11 is 0. The van der Waals surface area contributed by atoms with Gasteiger partial charge in [-0.05, 0) is 48.7 Å². The summed E-state index contributed by atoms with van der Waals surface area (Å²) in [4.78, 5) is 14.5. The zero-order valence-corrected chi connectivity index (χ0v) is 19.6. The highest BCUT2D eigenvalue weighted by atomic mass is 16.5. The Morgan fingerprint density at radius 3 is 2.26 bits per heavy atom. The van der Waals surface area contributed by atoms with Gasteiger partial charge in [0.1, 0.15) is 0 Å². The Morgan fingerprint density at radius 1 is 0.912 bits per heavy atom. The van der Waals surface area contributed by atoms with Crippen LogP contribution in [-0.4, -0.2) is 41.7 Å². The van der Waals surface area contributed by atoms with Crippen LogP contribution in [0.3, 0.4) is 0 Å². The molecule has 1 heterocycles. The summed E-state index contributed by atoms with van der Waals surface area (Å²) in [5, 5.41) is 11.9. The first-order valence-corrected chi connectivity index (χ1v) is 11.1. The van der Waals surface area contributed by atoms with E-state index in [9.17, 15) is 4.79 Å². The molecule has 0 aliphatic heterocycles. The predicted octanol–water partition coefficient (Wildman–Crippen LogP) is 4.35. The molecule has 4 rings (SSSR count). The Kier molecular flexibility index (Phi) is 7.22. The van der Waals surface area contributed by atoms with Crippen molar-refractivity contribution in [2.75, 3.05) is 20.8 Å². The van der Waals surface area contributed by atoms with Gasteiger partial charge < -0.3 is 14.8 Å². The molecule has 34 heavy (non-hydrogen) atoms. The second kappa shape index (κ2) is 10.7. The average molecular weight is 457 g/mol. The highest BCUT2D eigenvalue weighted by molar-refractivity contribution is 5.93. The summed E-state index contributed by atoms with van der Waals surface area (Å²) in [6.45, 7) is 2.22. The van der Waals surface area contributed by atoms with Crippen LogP contribution >= 0.6 is 0 Å². The van der Waals surface area contributed by atoms with Gasteiger partial charge in [-0.1, -0.05) is 54.6 Å². The van der Waals surface area contributed by atoms with E-state index in [1.54, 1.807) is 21.1 Å². The molecule has 1 amide bonds. The molecule has 0 aliphatic rings. The Labute approximate surface area is 199 Å². The van der Waals surface area contributed by atoms with Crippen LogP contribution in [0.15, 0.2) is 78.9 Å². The molecular formula is C27H28N4O3. The number of nitrogens with one attached hydrogen (secondary N) is 1. The minimum absolute atomic E-state index is 0.0237. The highest BCUT2D eigenvalue weighted by Crippen LogP contribution is 2.32. The first-order valence-electron chi connectivity index (χ1n) is 11.1. The molecule has 1 aromatic heterocycles. The van der Waals surface area contributed by atoms with Crippen molar-refractivity contribution < 1.29 is 14.3 Å². The van der Waals surface area contributed by atoms with Crippen molar-refractivity contribution >= 4 is 5.91 Å². The quantitative estimate of drug-likeness (QED) is 0.405. The fourth-order valence-electron chi connectivity index (χ4n) is 3.88. The molecule has 7 nitrogen and oxygen atoms in total. The molecule has 1 atom stereocenters. The molecule has 1 N–H and O–H groups in total. The van der Waals surface area contributed by atoms with E-state index in [-0.39, 0.29) is 11.8 Å². The largest absolute Gasteiger partial charge is 0.493 e. The van der Waals surface area contributed by atoms with Crippen molar-refractivity contribution in [2.45, 2.75) is 19.3 Å². The number of hydrogen-bond acceptors (Lipinski definition) is 5. The third kappa shape index (κ3) is 5.26. The first-order chi connectivity index (χ1) is 16.6. The maximum Gasteiger partial charge on any atom is 0.273 e. The van der Waals surface area contributed by atoms with E-state index in [0.29, 0.717) is 29.4 Å². The van der Waals surface area contributed by atoms with Gasteiger partial charge in [-0.2, -0.15) is 9.90 Å². The Bertz CT molecular complexity index is 1240. The van der Waals surface area contributed by atoms with Gasteiger partial charge in [0.2, 0.25) is 0 Å². The second-order valence-corrected chi connectivity index (χ2v) is 7.97. The second-order valence-electron chi connectivity index (χ2n) is 7.97. The summed E-state index contributed by atoms with van der Waals surface area (Å²) in [6.07, 6.45) is 0.756. The molecule has 0 saturated heterocycles. The predicted molar refractivity (Wildman–Crippen MR) is 131 cm³/mol. The molecular weight excluding hydrogens is 428 g/mol. The Morgan fingerprint density at radius 2 is 1.59 bits per heavy atom. The molecule has 174 valence electrons. The fourth-order valence-corrected chi connectivity index (χ4v) is 3.88. The molecule has 3 aromatic carbocycles. The standard InChI is InChI=1S/C27H28N4O3/c1-19-26(30-31(29-19)23-12-8-5-9-13-23)27(32)28-18-22(16-20-10-6-4-7-11-20)21-14-15-24(33-2)25(17-21)34-3/h4-15,17,22H,16,18H2,1-3H3,(H,28,32)/t22-/m0/s1. The lowest BCUT2D eigenvalue weighted by molar-refractivity contribution is 0.0945. The van der Waals surface area contributed by atoms with E-state index >= 15 is 0 Å². The molecule has 0 aliphatic carbocycles. The van der Waals surface area contributed by atoms with Crippen molar-refractivity contribution in [3.63, 3.8) is 0 Å². The third-order valence-corrected chi connectivity index (χ3v) is 5.70. The number of carbonyl (C=O) groups excluding carboxylic acids is 1. The summed E-state index contributed by atoms with van der Waals surface area (Å²) < 4.78 is 10.9. The summed E-state index contributed by atoms with van der Waals surface area (Å²) in [6, 6.07) is 25.6.